The summed E-state index contributed by atoms with van der Waals surface area (Å²) in [5.41, 5.74) is 0.203. The average molecular weight is 390 g/mol. The SMILES string of the molecule is O=C1[C@H]2[C@@H]3O[C@]4(COC[C@@H](c5ccccc5)N4C3=O)[C@H]2C(=O)N1c1ccccc1. The first kappa shape index (κ1) is 16.9. The number of hydrogen-bond donors (Lipinski definition) is 0. The molecule has 4 aliphatic heterocycles. The van der Waals surface area contributed by atoms with Crippen LogP contribution >= 0.6 is 0 Å². The number of para-hydroxylation sites is 1. The highest BCUT2D eigenvalue weighted by molar-refractivity contribution is 6.24. The molecule has 146 valence electrons. The third-order valence-corrected chi connectivity index (χ3v) is 6.48. The van der Waals surface area contributed by atoms with Crippen molar-refractivity contribution in [2.75, 3.05) is 18.1 Å². The molecule has 0 aromatic heterocycles. The monoisotopic (exact) mass is 390 g/mol. The van der Waals surface area contributed by atoms with E-state index in [-0.39, 0.29) is 30.4 Å². The number of morpholine rings is 1. The maximum absolute atomic E-state index is 13.4. The van der Waals surface area contributed by atoms with Crippen LogP contribution in [0.15, 0.2) is 60.7 Å². The van der Waals surface area contributed by atoms with Gasteiger partial charge in [-0.25, -0.2) is 4.90 Å². The number of imide groups is 1. The summed E-state index contributed by atoms with van der Waals surface area (Å²) in [4.78, 5) is 42.7. The van der Waals surface area contributed by atoms with E-state index in [0.717, 1.165) is 5.56 Å². The van der Waals surface area contributed by atoms with Crippen molar-refractivity contribution in [3.05, 3.63) is 66.2 Å². The Labute approximate surface area is 166 Å². The van der Waals surface area contributed by atoms with Gasteiger partial charge in [0.05, 0.1) is 30.9 Å². The lowest BCUT2D eigenvalue weighted by Crippen LogP contribution is -2.64. The fourth-order valence-corrected chi connectivity index (χ4v) is 5.33. The minimum Gasteiger partial charge on any atom is -0.374 e. The Morgan fingerprint density at radius 2 is 1.55 bits per heavy atom. The molecule has 0 radical (unpaired) electrons. The lowest BCUT2D eigenvalue weighted by molar-refractivity contribution is -0.202. The van der Waals surface area contributed by atoms with E-state index < -0.39 is 23.7 Å². The van der Waals surface area contributed by atoms with Crippen molar-refractivity contribution in [3.63, 3.8) is 0 Å². The first-order valence-corrected chi connectivity index (χ1v) is 9.70. The van der Waals surface area contributed by atoms with Gasteiger partial charge in [0.1, 0.15) is 5.92 Å². The molecule has 0 aliphatic carbocycles. The molecule has 4 saturated heterocycles. The molecule has 2 aromatic carbocycles. The van der Waals surface area contributed by atoms with Crippen molar-refractivity contribution in [2.24, 2.45) is 11.8 Å². The second-order valence-electron chi connectivity index (χ2n) is 7.88. The van der Waals surface area contributed by atoms with Crippen LogP contribution in [0.2, 0.25) is 0 Å². The van der Waals surface area contributed by atoms with Gasteiger partial charge in [0, 0.05) is 0 Å². The highest BCUT2D eigenvalue weighted by atomic mass is 16.6. The van der Waals surface area contributed by atoms with Gasteiger partial charge in [0.25, 0.3) is 5.91 Å². The number of nitrogens with zero attached hydrogens (tertiary/aromatic N) is 2. The predicted molar refractivity (Wildman–Crippen MR) is 100 cm³/mol. The quantitative estimate of drug-likeness (QED) is 0.727. The zero-order chi connectivity index (χ0) is 19.8. The van der Waals surface area contributed by atoms with Gasteiger partial charge in [-0.3, -0.25) is 19.3 Å². The van der Waals surface area contributed by atoms with Crippen LogP contribution in [0.25, 0.3) is 0 Å². The number of benzene rings is 2. The van der Waals surface area contributed by atoms with Crippen molar-refractivity contribution in [1.29, 1.82) is 0 Å². The van der Waals surface area contributed by atoms with Gasteiger partial charge >= 0.3 is 0 Å². The minimum absolute atomic E-state index is 0.0847. The van der Waals surface area contributed by atoms with E-state index in [0.29, 0.717) is 12.3 Å². The Kier molecular flexibility index (Phi) is 3.34. The van der Waals surface area contributed by atoms with Gasteiger partial charge in [0.2, 0.25) is 11.8 Å². The van der Waals surface area contributed by atoms with E-state index in [1.54, 1.807) is 29.2 Å². The molecule has 6 rings (SSSR count). The molecule has 0 N–H and O–H groups in total. The Hall–Kier alpha value is -3.03. The first-order chi connectivity index (χ1) is 14.1. The maximum atomic E-state index is 13.4. The molecule has 7 nitrogen and oxygen atoms in total. The van der Waals surface area contributed by atoms with E-state index >= 15 is 0 Å². The number of hydrogen-bond acceptors (Lipinski definition) is 5. The zero-order valence-electron chi connectivity index (χ0n) is 15.4. The average Bonchev–Trinajstić information content (AvgIpc) is 3.34. The molecule has 29 heavy (non-hydrogen) atoms. The number of amides is 3. The summed E-state index contributed by atoms with van der Waals surface area (Å²) in [6, 6.07) is 18.1. The van der Waals surface area contributed by atoms with Crippen molar-refractivity contribution in [2.45, 2.75) is 17.9 Å². The Balaban J connectivity index is 1.44. The van der Waals surface area contributed by atoms with Crippen LogP contribution in [0.5, 0.6) is 0 Å². The Morgan fingerprint density at radius 3 is 2.28 bits per heavy atom. The van der Waals surface area contributed by atoms with E-state index in [2.05, 4.69) is 0 Å². The van der Waals surface area contributed by atoms with Crippen molar-refractivity contribution in [3.8, 4) is 0 Å². The molecule has 0 saturated carbocycles. The molecule has 2 aromatic rings. The van der Waals surface area contributed by atoms with Gasteiger partial charge in [-0.1, -0.05) is 48.5 Å². The summed E-state index contributed by atoms with van der Waals surface area (Å²) in [5, 5.41) is 0. The standard InChI is InChI=1S/C22H18N2O5/c25-19-16-17(20(26)23(19)14-9-5-2-6-10-14)22-12-28-11-15(13-7-3-1-4-8-13)24(22)21(27)18(16)29-22/h1-10,15-18H,11-12H2/t15-,16+,17+,18-,22+/m0/s1. The Morgan fingerprint density at radius 1 is 0.862 bits per heavy atom. The third kappa shape index (κ3) is 2.01. The van der Waals surface area contributed by atoms with Crippen LogP contribution in [-0.4, -0.2) is 47.7 Å². The molecule has 4 heterocycles. The van der Waals surface area contributed by atoms with Crippen LogP contribution in [0.4, 0.5) is 5.69 Å². The summed E-state index contributed by atoms with van der Waals surface area (Å²) in [6.45, 7) is 0.414. The van der Waals surface area contributed by atoms with Gasteiger partial charge in [0.15, 0.2) is 11.8 Å². The molecule has 0 unspecified atom stereocenters. The minimum atomic E-state index is -1.23. The fourth-order valence-electron chi connectivity index (χ4n) is 5.33. The van der Waals surface area contributed by atoms with Crippen molar-refractivity contribution < 1.29 is 23.9 Å². The van der Waals surface area contributed by atoms with Crippen LogP contribution in [0.3, 0.4) is 0 Å². The lowest BCUT2D eigenvalue weighted by Gasteiger charge is -2.47. The number of carbonyl (C=O) groups is 3. The van der Waals surface area contributed by atoms with Gasteiger partial charge in [-0.2, -0.15) is 0 Å². The smallest absolute Gasteiger partial charge is 0.255 e. The molecule has 1 spiro atoms. The molecular weight excluding hydrogens is 372 g/mol. The summed E-state index contributed by atoms with van der Waals surface area (Å²) in [5.74, 6) is -2.50. The number of ether oxygens (including phenoxy) is 2. The molecule has 4 aliphatic rings. The number of anilines is 1. The summed E-state index contributed by atoms with van der Waals surface area (Å²) in [6.07, 6.45) is -0.946. The molecule has 5 atom stereocenters. The van der Waals surface area contributed by atoms with Crippen LogP contribution in [0.1, 0.15) is 11.6 Å². The van der Waals surface area contributed by atoms with Crippen LogP contribution in [-0.2, 0) is 23.9 Å². The van der Waals surface area contributed by atoms with E-state index in [1.807, 2.05) is 36.4 Å². The first-order valence-electron chi connectivity index (χ1n) is 9.70. The topological polar surface area (TPSA) is 76.1 Å². The molecule has 2 bridgehead atoms. The van der Waals surface area contributed by atoms with Crippen molar-refractivity contribution >= 4 is 23.4 Å². The van der Waals surface area contributed by atoms with Gasteiger partial charge in [-0.15, -0.1) is 0 Å². The van der Waals surface area contributed by atoms with Gasteiger partial charge < -0.3 is 9.47 Å². The van der Waals surface area contributed by atoms with Crippen LogP contribution < -0.4 is 4.90 Å². The highest BCUT2D eigenvalue weighted by Gasteiger charge is 2.77. The zero-order valence-corrected chi connectivity index (χ0v) is 15.4. The highest BCUT2D eigenvalue weighted by Crippen LogP contribution is 2.58. The van der Waals surface area contributed by atoms with E-state index in [4.69, 9.17) is 9.47 Å². The van der Waals surface area contributed by atoms with Crippen LogP contribution in [0, 0.1) is 11.8 Å². The van der Waals surface area contributed by atoms with Gasteiger partial charge in [-0.05, 0) is 17.7 Å². The predicted octanol–water partition coefficient (Wildman–Crippen LogP) is 1.50. The van der Waals surface area contributed by atoms with E-state index in [1.165, 1.54) is 4.90 Å². The molecule has 3 amide bonds. The number of fused-ring (bicyclic) bond motifs is 3. The molecule has 4 fully saturated rings. The fraction of sp³-hybridized carbons (Fsp3) is 0.318. The largest absolute Gasteiger partial charge is 0.374 e. The number of rotatable bonds is 2. The number of piperidine rings is 1. The second-order valence-corrected chi connectivity index (χ2v) is 7.88. The molecular formula is C22H18N2O5. The third-order valence-electron chi connectivity index (χ3n) is 6.48. The normalized spacial score (nSPS) is 35.2. The summed E-state index contributed by atoms with van der Waals surface area (Å²) < 4.78 is 12.0. The maximum Gasteiger partial charge on any atom is 0.255 e. The molecule has 7 heteroatoms. The second kappa shape index (κ2) is 5.75. The van der Waals surface area contributed by atoms with E-state index in [9.17, 15) is 14.4 Å². The summed E-state index contributed by atoms with van der Waals surface area (Å²) >= 11 is 0. The Bertz CT molecular complexity index is 1030. The summed E-state index contributed by atoms with van der Waals surface area (Å²) in [7, 11) is 0. The number of carbonyl (C=O) groups excluding carboxylic acids is 3. The van der Waals surface area contributed by atoms with Crippen molar-refractivity contribution in [1.82, 2.24) is 4.90 Å². The lowest BCUT2D eigenvalue weighted by atomic mass is 9.79.